The van der Waals surface area contributed by atoms with E-state index >= 15 is 0 Å². The van der Waals surface area contributed by atoms with Crippen LogP contribution in [0.5, 0.6) is 17.2 Å². The molecule has 0 radical (unpaired) electrons. The molecular weight excluding hydrogens is 487 g/mol. The molecule has 0 fully saturated rings. The van der Waals surface area contributed by atoms with Crippen LogP contribution in [-0.4, -0.2) is 28.0 Å². The second-order valence-corrected chi connectivity index (χ2v) is 8.63. The van der Waals surface area contributed by atoms with Crippen LogP contribution in [0.1, 0.15) is 10.4 Å². The number of benzene rings is 4. The Bertz CT molecular complexity index is 1540. The maximum absolute atomic E-state index is 11.2. The minimum absolute atomic E-state index is 0.173. The lowest BCUT2D eigenvalue weighted by Crippen LogP contribution is -2.00. The molecule has 35 heavy (non-hydrogen) atoms. The third-order valence-electron chi connectivity index (χ3n) is 5.48. The smallest absolute Gasteiger partial charge is 0.335 e. The first-order valence-electron chi connectivity index (χ1n) is 10.5. The molecule has 4 aromatic carbocycles. The number of rotatable bonds is 6. The number of carbonyl (C=O) groups is 1. The second-order valence-electron chi connectivity index (χ2n) is 7.76. The highest BCUT2D eigenvalue weighted by Gasteiger charge is 2.18. The summed E-state index contributed by atoms with van der Waals surface area (Å²) >= 11 is 12.5. The van der Waals surface area contributed by atoms with Crippen LogP contribution >= 0.6 is 23.2 Å². The van der Waals surface area contributed by atoms with Crippen LogP contribution in [0.25, 0.3) is 27.7 Å². The number of carboxylic acid groups (broad SMARTS) is 1. The fraction of sp³-hybridized carbons (Fsp3) is 0.0370. The van der Waals surface area contributed by atoms with Gasteiger partial charge in [0.25, 0.3) is 0 Å². The molecule has 5 aromatic rings. The molecule has 1 N–H and O–H groups in total. The molecule has 0 unspecified atom stereocenters. The predicted octanol–water partition coefficient (Wildman–Crippen LogP) is 7.50. The van der Waals surface area contributed by atoms with E-state index in [0.29, 0.717) is 32.9 Å². The molecule has 0 bridgehead atoms. The summed E-state index contributed by atoms with van der Waals surface area (Å²) in [4.78, 5) is 11.2. The van der Waals surface area contributed by atoms with Crippen LogP contribution in [0.3, 0.4) is 0 Å². The number of aromatic carboxylic acids is 1. The Kier molecular flexibility index (Phi) is 6.07. The van der Waals surface area contributed by atoms with Gasteiger partial charge in [-0.15, -0.1) is 0 Å². The highest BCUT2D eigenvalue weighted by Crippen LogP contribution is 2.38. The molecule has 8 heteroatoms. The molecule has 0 aliphatic heterocycles. The minimum Gasteiger partial charge on any atom is -0.497 e. The number of methoxy groups -OCH3 is 1. The van der Waals surface area contributed by atoms with Crippen molar-refractivity contribution in [1.29, 1.82) is 0 Å². The molecule has 0 aliphatic rings. The number of fused-ring (bicyclic) bond motifs is 1. The molecule has 5 rings (SSSR count). The molecule has 174 valence electrons. The van der Waals surface area contributed by atoms with Crippen molar-refractivity contribution in [1.82, 2.24) is 9.78 Å². The van der Waals surface area contributed by atoms with E-state index in [1.807, 2.05) is 36.4 Å². The average molecular weight is 505 g/mol. The van der Waals surface area contributed by atoms with E-state index in [1.165, 1.54) is 12.1 Å². The average Bonchev–Trinajstić information content (AvgIpc) is 3.26. The molecular formula is C27H18Cl2N2O4. The van der Waals surface area contributed by atoms with Gasteiger partial charge in [0.05, 0.1) is 24.6 Å². The van der Waals surface area contributed by atoms with E-state index in [-0.39, 0.29) is 5.56 Å². The summed E-state index contributed by atoms with van der Waals surface area (Å²) in [5.41, 5.74) is 2.38. The largest absolute Gasteiger partial charge is 0.497 e. The summed E-state index contributed by atoms with van der Waals surface area (Å²) in [6.07, 6.45) is 1.60. The van der Waals surface area contributed by atoms with E-state index in [9.17, 15) is 4.79 Å². The van der Waals surface area contributed by atoms with Gasteiger partial charge in [0.15, 0.2) is 5.75 Å². The van der Waals surface area contributed by atoms with Gasteiger partial charge >= 0.3 is 5.97 Å². The Morgan fingerprint density at radius 1 is 0.857 bits per heavy atom. The van der Waals surface area contributed by atoms with Gasteiger partial charge in [0.1, 0.15) is 17.2 Å². The third kappa shape index (κ3) is 4.67. The highest BCUT2D eigenvalue weighted by atomic mass is 35.5. The second kappa shape index (κ2) is 9.33. The number of ether oxygens (including phenoxy) is 2. The quantitative estimate of drug-likeness (QED) is 0.259. The van der Waals surface area contributed by atoms with Gasteiger partial charge in [-0.05, 0) is 71.4 Å². The molecule has 1 aromatic heterocycles. The summed E-state index contributed by atoms with van der Waals surface area (Å²) in [5.74, 6) is 0.732. The van der Waals surface area contributed by atoms with Crippen molar-refractivity contribution in [2.24, 2.45) is 0 Å². The lowest BCUT2D eigenvalue weighted by molar-refractivity contribution is 0.0697. The topological polar surface area (TPSA) is 73.6 Å². The number of hydrogen-bond acceptors (Lipinski definition) is 4. The first-order valence-corrected chi connectivity index (χ1v) is 11.3. The number of nitrogens with zero attached hydrogens (tertiary/aromatic N) is 2. The van der Waals surface area contributed by atoms with Gasteiger partial charge in [-0.1, -0.05) is 41.4 Å². The van der Waals surface area contributed by atoms with Gasteiger partial charge < -0.3 is 14.6 Å². The normalized spacial score (nSPS) is 10.9. The Morgan fingerprint density at radius 3 is 2.20 bits per heavy atom. The third-order valence-corrected chi connectivity index (χ3v) is 5.91. The fourth-order valence-electron chi connectivity index (χ4n) is 3.82. The van der Waals surface area contributed by atoms with E-state index in [1.54, 1.807) is 48.3 Å². The molecule has 0 spiro atoms. The zero-order valence-electron chi connectivity index (χ0n) is 18.4. The van der Waals surface area contributed by atoms with E-state index < -0.39 is 5.97 Å². The molecule has 0 aliphatic carbocycles. The molecule has 0 amide bonds. The van der Waals surface area contributed by atoms with Crippen molar-refractivity contribution in [3.8, 4) is 34.2 Å². The Labute approximate surface area is 210 Å². The van der Waals surface area contributed by atoms with Crippen LogP contribution in [-0.2, 0) is 0 Å². The maximum Gasteiger partial charge on any atom is 0.335 e. The van der Waals surface area contributed by atoms with Crippen LogP contribution < -0.4 is 9.47 Å². The number of halogens is 2. The number of hydrogen-bond donors (Lipinski definition) is 1. The van der Waals surface area contributed by atoms with Crippen molar-refractivity contribution < 1.29 is 19.4 Å². The Morgan fingerprint density at radius 2 is 1.51 bits per heavy atom. The first-order chi connectivity index (χ1) is 16.9. The highest BCUT2D eigenvalue weighted by molar-refractivity contribution is 6.34. The van der Waals surface area contributed by atoms with E-state index in [4.69, 9.17) is 37.8 Å². The zero-order chi connectivity index (χ0) is 24.5. The molecule has 1 heterocycles. The van der Waals surface area contributed by atoms with Gasteiger partial charge in [-0.25, -0.2) is 9.48 Å². The van der Waals surface area contributed by atoms with Crippen LogP contribution in [0.2, 0.25) is 10.0 Å². The molecule has 0 saturated heterocycles. The number of aromatic nitrogens is 2. The van der Waals surface area contributed by atoms with Gasteiger partial charge in [-0.2, -0.15) is 5.10 Å². The van der Waals surface area contributed by atoms with E-state index in [0.717, 1.165) is 22.1 Å². The summed E-state index contributed by atoms with van der Waals surface area (Å²) in [7, 11) is 1.64. The monoisotopic (exact) mass is 504 g/mol. The standard InChI is InChI=1S/C27H18Cl2N2O4/c1-34-24-9-6-17-10-19(3-2-18(17)11-24)26-25(35-23-7-4-16(5-8-23)27(32)33)15-30-31(26)22-13-20(28)12-21(29)14-22/h2-15H,1H3,(H,32,33). The first kappa shape index (κ1) is 22.8. The minimum atomic E-state index is -1.00. The van der Waals surface area contributed by atoms with Crippen LogP contribution in [0.15, 0.2) is 85.1 Å². The summed E-state index contributed by atoms with van der Waals surface area (Å²) in [6.45, 7) is 0. The Hall–Kier alpha value is -4.00. The molecule has 0 atom stereocenters. The molecule has 0 saturated carbocycles. The summed E-state index contributed by atoms with van der Waals surface area (Å²) in [5, 5.41) is 16.7. The lowest BCUT2D eigenvalue weighted by atomic mass is 10.0. The van der Waals surface area contributed by atoms with Gasteiger partial charge in [-0.3, -0.25) is 0 Å². The zero-order valence-corrected chi connectivity index (χ0v) is 19.9. The van der Waals surface area contributed by atoms with Gasteiger partial charge in [0, 0.05) is 15.6 Å². The Balaban J connectivity index is 1.64. The summed E-state index contributed by atoms with van der Waals surface area (Å²) in [6, 6.07) is 23.2. The van der Waals surface area contributed by atoms with Crippen molar-refractivity contribution in [3.05, 3.63) is 101 Å². The van der Waals surface area contributed by atoms with Crippen LogP contribution in [0.4, 0.5) is 0 Å². The van der Waals surface area contributed by atoms with E-state index in [2.05, 4.69) is 5.10 Å². The maximum atomic E-state index is 11.2. The van der Waals surface area contributed by atoms with Crippen molar-refractivity contribution >= 4 is 39.9 Å². The fourth-order valence-corrected chi connectivity index (χ4v) is 4.34. The van der Waals surface area contributed by atoms with Crippen molar-refractivity contribution in [2.45, 2.75) is 0 Å². The predicted molar refractivity (Wildman–Crippen MR) is 137 cm³/mol. The summed E-state index contributed by atoms with van der Waals surface area (Å²) < 4.78 is 13.2. The SMILES string of the molecule is COc1ccc2cc(-c3c(Oc4ccc(C(=O)O)cc4)cnn3-c3cc(Cl)cc(Cl)c3)ccc2c1. The lowest BCUT2D eigenvalue weighted by Gasteiger charge is -2.13. The molecule has 6 nitrogen and oxygen atoms in total. The van der Waals surface area contributed by atoms with Crippen molar-refractivity contribution in [3.63, 3.8) is 0 Å². The van der Waals surface area contributed by atoms with Crippen molar-refractivity contribution in [2.75, 3.05) is 7.11 Å². The van der Waals surface area contributed by atoms with Gasteiger partial charge in [0.2, 0.25) is 0 Å². The van der Waals surface area contributed by atoms with Crippen LogP contribution in [0, 0.1) is 0 Å². The number of carboxylic acids is 1.